The number of aromatic hydroxyl groups is 1. The number of hydrogen-bond acceptors (Lipinski definition) is 4. The Morgan fingerprint density at radius 2 is 1.87 bits per heavy atom. The molecule has 0 fully saturated rings. The number of anilines is 1. The summed E-state index contributed by atoms with van der Waals surface area (Å²) in [4.78, 5) is 12.3. The summed E-state index contributed by atoms with van der Waals surface area (Å²) >= 11 is 3.46. The first-order valence-corrected chi connectivity index (χ1v) is 10.6. The maximum Gasteiger partial charge on any atom is 0.283 e. The van der Waals surface area contributed by atoms with Crippen molar-refractivity contribution in [3.05, 3.63) is 88.4 Å². The largest absolute Gasteiger partial charge is 0.493 e. The average Bonchev–Trinajstić information content (AvgIpc) is 3.02. The van der Waals surface area contributed by atoms with Crippen LogP contribution in [0.15, 0.2) is 87.5 Å². The third-order valence-corrected chi connectivity index (χ3v) is 5.37. The Bertz CT molecular complexity index is 1270. The highest BCUT2D eigenvalue weighted by Gasteiger charge is 2.17. The second kappa shape index (κ2) is 9.14. The molecule has 0 atom stereocenters. The maximum absolute atomic E-state index is 12.3. The summed E-state index contributed by atoms with van der Waals surface area (Å²) in [6.45, 7) is 2.47. The van der Waals surface area contributed by atoms with Gasteiger partial charge in [0.25, 0.3) is 5.91 Å². The van der Waals surface area contributed by atoms with Gasteiger partial charge in [-0.1, -0.05) is 58.4 Å². The summed E-state index contributed by atoms with van der Waals surface area (Å²) in [7, 11) is 0. The molecule has 2 N–H and O–H groups in total. The lowest BCUT2D eigenvalue weighted by Gasteiger charge is -2.07. The maximum atomic E-state index is 12.3. The monoisotopic (exact) mass is 476 g/mol. The van der Waals surface area contributed by atoms with Crippen molar-refractivity contribution in [1.82, 2.24) is 4.57 Å². The van der Waals surface area contributed by atoms with Crippen molar-refractivity contribution in [3.8, 4) is 5.88 Å². The van der Waals surface area contributed by atoms with Gasteiger partial charge in [0.1, 0.15) is 0 Å². The smallest absolute Gasteiger partial charge is 0.283 e. The minimum atomic E-state index is -0.431. The predicted octanol–water partition coefficient (Wildman–Crippen LogP) is 6.19. The summed E-state index contributed by atoms with van der Waals surface area (Å²) in [5.74, 6) is -0.458. The number of carbonyl (C=O) groups is 1. The normalized spacial score (nSPS) is 11.3. The molecular weight excluding hydrogens is 456 g/mol. The number of rotatable bonds is 6. The second-order valence-corrected chi connectivity index (χ2v) is 8.14. The zero-order valence-corrected chi connectivity index (χ0v) is 18.5. The van der Waals surface area contributed by atoms with Crippen LogP contribution in [0, 0.1) is 6.92 Å². The molecule has 156 valence electrons. The van der Waals surface area contributed by atoms with E-state index in [1.165, 1.54) is 0 Å². The Balaban J connectivity index is 1.60. The van der Waals surface area contributed by atoms with E-state index in [-0.39, 0.29) is 18.1 Å². The fourth-order valence-electron chi connectivity index (χ4n) is 3.39. The molecule has 4 aromatic rings. The van der Waals surface area contributed by atoms with Crippen molar-refractivity contribution in [3.63, 3.8) is 0 Å². The van der Waals surface area contributed by atoms with Crippen molar-refractivity contribution in [1.29, 1.82) is 0 Å². The van der Waals surface area contributed by atoms with Crippen molar-refractivity contribution in [2.45, 2.75) is 13.5 Å². The number of amides is 1. The van der Waals surface area contributed by atoms with Gasteiger partial charge in [0.15, 0.2) is 5.69 Å². The second-order valence-electron chi connectivity index (χ2n) is 7.22. The van der Waals surface area contributed by atoms with E-state index in [1.807, 2.05) is 79.7 Å². The number of aromatic nitrogens is 1. The first-order valence-electron chi connectivity index (χ1n) is 9.81. The molecule has 3 aromatic carbocycles. The van der Waals surface area contributed by atoms with E-state index in [1.54, 1.807) is 4.57 Å². The first-order chi connectivity index (χ1) is 15.0. The number of nitrogens with zero attached hydrogens (tertiary/aromatic N) is 3. The molecular formula is C24H21BrN4O2. The minimum Gasteiger partial charge on any atom is -0.493 e. The molecule has 0 saturated heterocycles. The fourth-order valence-corrected chi connectivity index (χ4v) is 3.76. The standard InChI is InChI=1S/C24H21BrN4O2/c1-16-6-5-9-19(12-16)26-14-22(30)27-28-23-20-13-18(25)10-11-21(20)29(24(23)31)15-17-7-3-2-4-8-17/h2-13,26,31H,14-15H2,1H3. The summed E-state index contributed by atoms with van der Waals surface area (Å²) in [5, 5.41) is 22.6. The van der Waals surface area contributed by atoms with Crippen LogP contribution in [0.5, 0.6) is 5.88 Å². The highest BCUT2D eigenvalue weighted by atomic mass is 79.9. The lowest BCUT2D eigenvalue weighted by atomic mass is 10.2. The van der Waals surface area contributed by atoms with E-state index < -0.39 is 5.91 Å². The molecule has 0 aliphatic heterocycles. The van der Waals surface area contributed by atoms with Gasteiger partial charge in [0.05, 0.1) is 18.6 Å². The fraction of sp³-hybridized carbons (Fsp3) is 0.125. The number of azo groups is 1. The van der Waals surface area contributed by atoms with Gasteiger partial charge < -0.3 is 15.0 Å². The molecule has 0 bridgehead atoms. The molecule has 1 aromatic heterocycles. The van der Waals surface area contributed by atoms with Crippen LogP contribution in [0.1, 0.15) is 11.1 Å². The summed E-state index contributed by atoms with van der Waals surface area (Å²) in [6.07, 6.45) is 0. The van der Waals surface area contributed by atoms with Crippen LogP contribution in [0.4, 0.5) is 11.4 Å². The Kier molecular flexibility index (Phi) is 6.13. The van der Waals surface area contributed by atoms with Crippen molar-refractivity contribution >= 4 is 44.1 Å². The molecule has 0 aliphatic rings. The van der Waals surface area contributed by atoms with Crippen LogP contribution in [0.2, 0.25) is 0 Å². The van der Waals surface area contributed by atoms with Crippen molar-refractivity contribution < 1.29 is 9.90 Å². The van der Waals surface area contributed by atoms with Crippen LogP contribution in [0.3, 0.4) is 0 Å². The van der Waals surface area contributed by atoms with E-state index in [0.717, 1.165) is 26.8 Å². The molecule has 0 radical (unpaired) electrons. The summed E-state index contributed by atoms with van der Waals surface area (Å²) in [5.41, 5.74) is 4.06. The lowest BCUT2D eigenvalue weighted by molar-refractivity contribution is -0.116. The summed E-state index contributed by atoms with van der Waals surface area (Å²) < 4.78 is 2.61. The number of hydrogen-bond donors (Lipinski definition) is 2. The van der Waals surface area contributed by atoms with Gasteiger partial charge in [-0.15, -0.1) is 10.2 Å². The average molecular weight is 477 g/mol. The number of fused-ring (bicyclic) bond motifs is 1. The lowest BCUT2D eigenvalue weighted by Crippen LogP contribution is -2.10. The van der Waals surface area contributed by atoms with Gasteiger partial charge in [0, 0.05) is 15.5 Å². The topological polar surface area (TPSA) is 79.0 Å². The van der Waals surface area contributed by atoms with Crippen LogP contribution < -0.4 is 5.32 Å². The number of carbonyl (C=O) groups excluding carboxylic acids is 1. The SMILES string of the molecule is Cc1cccc(NCC(=O)N=Nc2c(O)n(Cc3ccccc3)c3ccc(Br)cc23)c1. The van der Waals surface area contributed by atoms with Crippen LogP contribution >= 0.6 is 15.9 Å². The van der Waals surface area contributed by atoms with E-state index in [2.05, 4.69) is 31.5 Å². The number of aryl methyl sites for hydroxylation is 1. The third kappa shape index (κ3) is 4.83. The molecule has 0 saturated carbocycles. The zero-order chi connectivity index (χ0) is 21.8. The van der Waals surface area contributed by atoms with E-state index in [0.29, 0.717) is 11.9 Å². The van der Waals surface area contributed by atoms with Crippen LogP contribution in [-0.2, 0) is 11.3 Å². The van der Waals surface area contributed by atoms with Crippen LogP contribution in [-0.4, -0.2) is 22.1 Å². The van der Waals surface area contributed by atoms with Gasteiger partial charge in [-0.25, -0.2) is 0 Å². The van der Waals surface area contributed by atoms with Crippen LogP contribution in [0.25, 0.3) is 10.9 Å². The quantitative estimate of drug-likeness (QED) is 0.325. The Morgan fingerprint density at radius 1 is 1.06 bits per heavy atom. The Labute approximate surface area is 188 Å². The van der Waals surface area contributed by atoms with E-state index in [9.17, 15) is 9.90 Å². The van der Waals surface area contributed by atoms with Crippen molar-refractivity contribution in [2.75, 3.05) is 11.9 Å². The van der Waals surface area contributed by atoms with E-state index in [4.69, 9.17) is 0 Å². The van der Waals surface area contributed by atoms with E-state index >= 15 is 0 Å². The molecule has 7 heteroatoms. The van der Waals surface area contributed by atoms with Crippen molar-refractivity contribution in [2.24, 2.45) is 10.2 Å². The molecule has 4 rings (SSSR count). The molecule has 31 heavy (non-hydrogen) atoms. The number of nitrogens with one attached hydrogen (secondary N) is 1. The van der Waals surface area contributed by atoms with Gasteiger partial charge in [-0.2, -0.15) is 0 Å². The predicted molar refractivity (Wildman–Crippen MR) is 126 cm³/mol. The molecule has 1 heterocycles. The molecule has 0 aliphatic carbocycles. The Morgan fingerprint density at radius 3 is 2.65 bits per heavy atom. The molecule has 1 amide bonds. The number of halogens is 1. The minimum absolute atomic E-state index is 0.0140. The van der Waals surface area contributed by atoms with Gasteiger partial charge >= 0.3 is 0 Å². The summed E-state index contributed by atoms with van der Waals surface area (Å²) in [6, 6.07) is 23.2. The highest BCUT2D eigenvalue weighted by Crippen LogP contribution is 2.40. The Hall–Kier alpha value is -3.45. The number of benzene rings is 3. The molecule has 6 nitrogen and oxygen atoms in total. The van der Waals surface area contributed by atoms with Gasteiger partial charge in [-0.05, 0) is 48.4 Å². The first kappa shape index (κ1) is 20.8. The van der Waals surface area contributed by atoms with Gasteiger partial charge in [0.2, 0.25) is 5.88 Å². The molecule has 0 spiro atoms. The van der Waals surface area contributed by atoms with Gasteiger partial charge in [-0.3, -0.25) is 4.79 Å². The zero-order valence-electron chi connectivity index (χ0n) is 16.9. The third-order valence-electron chi connectivity index (χ3n) is 4.88. The highest BCUT2D eigenvalue weighted by molar-refractivity contribution is 9.10. The molecule has 0 unspecified atom stereocenters.